The number of carboxylic acids is 1. The van der Waals surface area contributed by atoms with Crippen LogP contribution in [-0.2, 0) is 10.5 Å². The number of rotatable bonds is 7. The SMILES string of the molecule is NC(CCSCc1ccn(C2CCCCC2)n1)C(=O)O. The van der Waals surface area contributed by atoms with Gasteiger partial charge in [0.1, 0.15) is 6.04 Å². The summed E-state index contributed by atoms with van der Waals surface area (Å²) in [6, 6.07) is 1.89. The van der Waals surface area contributed by atoms with E-state index < -0.39 is 12.0 Å². The summed E-state index contributed by atoms with van der Waals surface area (Å²) in [5.74, 6) is 0.655. The van der Waals surface area contributed by atoms with E-state index in [-0.39, 0.29) is 0 Å². The highest BCUT2D eigenvalue weighted by atomic mass is 32.2. The van der Waals surface area contributed by atoms with Gasteiger partial charge >= 0.3 is 5.97 Å². The Morgan fingerprint density at radius 2 is 2.25 bits per heavy atom. The van der Waals surface area contributed by atoms with Crippen molar-refractivity contribution >= 4 is 17.7 Å². The van der Waals surface area contributed by atoms with Crippen molar-refractivity contribution in [2.75, 3.05) is 5.75 Å². The number of aliphatic carboxylic acids is 1. The van der Waals surface area contributed by atoms with Crippen LogP contribution < -0.4 is 5.73 Å². The van der Waals surface area contributed by atoms with Crippen molar-refractivity contribution in [3.8, 4) is 0 Å². The maximum Gasteiger partial charge on any atom is 0.320 e. The van der Waals surface area contributed by atoms with E-state index in [2.05, 4.69) is 22.0 Å². The van der Waals surface area contributed by atoms with E-state index in [4.69, 9.17) is 10.8 Å². The number of carbonyl (C=O) groups is 1. The molecule has 0 saturated heterocycles. The number of hydrogen-bond donors (Lipinski definition) is 2. The maximum absolute atomic E-state index is 10.6. The number of nitrogens with zero attached hydrogens (tertiary/aromatic N) is 2. The van der Waals surface area contributed by atoms with Gasteiger partial charge in [0, 0.05) is 11.9 Å². The minimum Gasteiger partial charge on any atom is -0.480 e. The fraction of sp³-hybridized carbons (Fsp3) is 0.714. The quantitative estimate of drug-likeness (QED) is 0.755. The second-order valence-electron chi connectivity index (χ2n) is 5.36. The van der Waals surface area contributed by atoms with Crippen LogP contribution in [0.2, 0.25) is 0 Å². The van der Waals surface area contributed by atoms with Crippen LogP contribution in [0, 0.1) is 0 Å². The molecule has 2 rings (SSSR count). The molecule has 0 bridgehead atoms. The van der Waals surface area contributed by atoms with Gasteiger partial charge in [-0.3, -0.25) is 9.48 Å². The molecular weight excluding hydrogens is 274 g/mol. The first-order chi connectivity index (χ1) is 9.66. The average molecular weight is 297 g/mol. The summed E-state index contributed by atoms with van der Waals surface area (Å²) in [6.45, 7) is 0. The Balaban J connectivity index is 1.71. The molecule has 3 N–H and O–H groups in total. The summed E-state index contributed by atoms with van der Waals surface area (Å²) >= 11 is 1.69. The number of aromatic nitrogens is 2. The van der Waals surface area contributed by atoms with Gasteiger partial charge in [-0.05, 0) is 31.1 Å². The Hall–Kier alpha value is -1.01. The van der Waals surface area contributed by atoms with Crippen LogP contribution in [0.15, 0.2) is 12.3 Å². The lowest BCUT2D eigenvalue weighted by Gasteiger charge is -2.21. The van der Waals surface area contributed by atoms with Gasteiger partial charge in [-0.2, -0.15) is 16.9 Å². The number of hydrogen-bond acceptors (Lipinski definition) is 4. The van der Waals surface area contributed by atoms with E-state index >= 15 is 0 Å². The van der Waals surface area contributed by atoms with Crippen LogP contribution >= 0.6 is 11.8 Å². The molecular formula is C14H23N3O2S. The van der Waals surface area contributed by atoms with Crippen LogP contribution in [0.1, 0.15) is 50.3 Å². The molecule has 1 aromatic rings. The first kappa shape index (κ1) is 15.4. The predicted molar refractivity (Wildman–Crippen MR) is 80.7 cm³/mol. The van der Waals surface area contributed by atoms with Crippen LogP contribution in [0.25, 0.3) is 0 Å². The molecule has 0 radical (unpaired) electrons. The molecule has 1 aliphatic rings. The summed E-state index contributed by atoms with van der Waals surface area (Å²) in [5.41, 5.74) is 6.54. The fourth-order valence-electron chi connectivity index (χ4n) is 2.51. The molecule has 6 heteroatoms. The molecule has 0 aliphatic heterocycles. The van der Waals surface area contributed by atoms with Crippen LogP contribution in [0.3, 0.4) is 0 Å². The van der Waals surface area contributed by atoms with E-state index in [0.717, 1.165) is 17.2 Å². The Morgan fingerprint density at radius 3 is 2.95 bits per heavy atom. The molecule has 1 aliphatic carbocycles. The van der Waals surface area contributed by atoms with Gasteiger partial charge in [-0.1, -0.05) is 19.3 Å². The summed E-state index contributed by atoms with van der Waals surface area (Å²) in [6.07, 6.45) is 9.02. The van der Waals surface area contributed by atoms with Gasteiger partial charge in [0.15, 0.2) is 0 Å². The molecule has 1 atom stereocenters. The summed E-state index contributed by atoms with van der Waals surface area (Å²) < 4.78 is 2.11. The third kappa shape index (κ3) is 4.52. The summed E-state index contributed by atoms with van der Waals surface area (Å²) in [4.78, 5) is 10.6. The zero-order valence-electron chi connectivity index (χ0n) is 11.7. The normalized spacial score (nSPS) is 18.1. The lowest BCUT2D eigenvalue weighted by molar-refractivity contribution is -0.138. The molecule has 20 heavy (non-hydrogen) atoms. The molecule has 5 nitrogen and oxygen atoms in total. The highest BCUT2D eigenvalue weighted by Gasteiger charge is 2.16. The Labute approximate surface area is 123 Å². The monoisotopic (exact) mass is 297 g/mol. The molecule has 1 saturated carbocycles. The molecule has 1 fully saturated rings. The third-order valence-electron chi connectivity index (χ3n) is 3.75. The van der Waals surface area contributed by atoms with Crippen molar-refractivity contribution in [2.24, 2.45) is 5.73 Å². The largest absolute Gasteiger partial charge is 0.480 e. The fourth-order valence-corrected chi connectivity index (χ4v) is 3.44. The lowest BCUT2D eigenvalue weighted by Crippen LogP contribution is -2.30. The highest BCUT2D eigenvalue weighted by Crippen LogP contribution is 2.27. The minimum atomic E-state index is -0.924. The molecule has 0 aromatic carbocycles. The molecule has 1 unspecified atom stereocenters. The maximum atomic E-state index is 10.6. The number of nitrogens with two attached hydrogens (primary N) is 1. The van der Waals surface area contributed by atoms with Crippen molar-refractivity contribution < 1.29 is 9.90 Å². The van der Waals surface area contributed by atoms with E-state index in [0.29, 0.717) is 12.5 Å². The van der Waals surface area contributed by atoms with Gasteiger partial charge in [0.25, 0.3) is 0 Å². The van der Waals surface area contributed by atoms with Gasteiger partial charge in [0.2, 0.25) is 0 Å². The van der Waals surface area contributed by atoms with Crippen LogP contribution in [0.5, 0.6) is 0 Å². The Morgan fingerprint density at radius 1 is 1.50 bits per heavy atom. The Bertz CT molecular complexity index is 430. The topological polar surface area (TPSA) is 81.1 Å². The van der Waals surface area contributed by atoms with E-state index in [1.54, 1.807) is 11.8 Å². The zero-order chi connectivity index (χ0) is 14.4. The molecule has 0 amide bonds. The summed E-state index contributed by atoms with van der Waals surface area (Å²) in [7, 11) is 0. The third-order valence-corrected chi connectivity index (χ3v) is 4.78. The van der Waals surface area contributed by atoms with Gasteiger partial charge in [-0.25, -0.2) is 0 Å². The lowest BCUT2D eigenvalue weighted by atomic mass is 9.96. The van der Waals surface area contributed by atoms with E-state index in [1.165, 1.54) is 32.1 Å². The average Bonchev–Trinajstić information content (AvgIpc) is 2.93. The minimum absolute atomic E-state index is 0.503. The van der Waals surface area contributed by atoms with Crippen molar-refractivity contribution in [2.45, 2.75) is 56.4 Å². The van der Waals surface area contributed by atoms with Crippen LogP contribution in [0.4, 0.5) is 0 Å². The first-order valence-corrected chi connectivity index (χ1v) is 8.42. The van der Waals surface area contributed by atoms with Crippen molar-refractivity contribution in [3.63, 3.8) is 0 Å². The molecule has 1 aromatic heterocycles. The van der Waals surface area contributed by atoms with Crippen LogP contribution in [-0.4, -0.2) is 32.7 Å². The second kappa shape index (κ2) is 7.69. The van der Waals surface area contributed by atoms with Crippen molar-refractivity contribution in [1.82, 2.24) is 9.78 Å². The smallest absolute Gasteiger partial charge is 0.320 e. The van der Waals surface area contributed by atoms with E-state index in [9.17, 15) is 4.79 Å². The first-order valence-electron chi connectivity index (χ1n) is 7.27. The van der Waals surface area contributed by atoms with Crippen molar-refractivity contribution in [1.29, 1.82) is 0 Å². The molecule has 0 spiro atoms. The van der Waals surface area contributed by atoms with E-state index in [1.807, 2.05) is 0 Å². The zero-order valence-corrected chi connectivity index (χ0v) is 12.5. The molecule has 112 valence electrons. The number of carboxylic acid groups (broad SMARTS) is 1. The molecule has 1 heterocycles. The Kier molecular flexibility index (Phi) is 5.91. The highest BCUT2D eigenvalue weighted by molar-refractivity contribution is 7.98. The predicted octanol–water partition coefficient (Wildman–Crippen LogP) is 2.42. The van der Waals surface area contributed by atoms with Gasteiger partial charge < -0.3 is 10.8 Å². The van der Waals surface area contributed by atoms with Gasteiger partial charge in [0.05, 0.1) is 11.7 Å². The number of thioether (sulfide) groups is 1. The standard InChI is InChI=1S/C14H23N3O2S/c15-13(14(18)19)7-9-20-10-11-6-8-17(16-11)12-4-2-1-3-5-12/h6,8,12-13H,1-5,7,9-10,15H2,(H,18,19). The van der Waals surface area contributed by atoms with Gasteiger partial charge in [-0.15, -0.1) is 0 Å². The second-order valence-corrected chi connectivity index (χ2v) is 6.47. The summed E-state index contributed by atoms with van der Waals surface area (Å²) in [5, 5.41) is 13.3. The van der Waals surface area contributed by atoms with Crippen molar-refractivity contribution in [3.05, 3.63) is 18.0 Å².